The molecule has 0 bridgehead atoms. The Morgan fingerprint density at radius 2 is 2.33 bits per heavy atom. The molecule has 3 rings (SSSR count). The number of fused-ring (bicyclic) bond motifs is 1. The van der Waals surface area contributed by atoms with Crippen LogP contribution in [0.3, 0.4) is 0 Å². The summed E-state index contributed by atoms with van der Waals surface area (Å²) in [6.07, 6.45) is 3.78. The Balaban J connectivity index is 2.33. The molecule has 15 heavy (non-hydrogen) atoms. The number of H-pyrrole nitrogens is 1. The lowest BCUT2D eigenvalue weighted by atomic mass is 10.1. The molecule has 1 aliphatic carbocycles. The van der Waals surface area contributed by atoms with E-state index in [1.54, 1.807) is 12.3 Å². The lowest BCUT2D eigenvalue weighted by Crippen LogP contribution is -1.99. The van der Waals surface area contributed by atoms with Gasteiger partial charge in [-0.05, 0) is 30.9 Å². The van der Waals surface area contributed by atoms with Gasteiger partial charge in [0.2, 0.25) is 0 Å². The summed E-state index contributed by atoms with van der Waals surface area (Å²) in [6.45, 7) is 0. The van der Waals surface area contributed by atoms with E-state index >= 15 is 0 Å². The summed E-state index contributed by atoms with van der Waals surface area (Å²) in [6, 6.07) is 3.67. The van der Waals surface area contributed by atoms with Crippen molar-refractivity contribution in [2.24, 2.45) is 0 Å². The number of nitrogens with zero attached hydrogens (tertiary/aromatic N) is 1. The smallest absolute Gasteiger partial charge is 0.339 e. The van der Waals surface area contributed by atoms with E-state index in [2.05, 4.69) is 9.97 Å². The molecule has 0 saturated heterocycles. The van der Waals surface area contributed by atoms with Crippen LogP contribution in [0.4, 0.5) is 0 Å². The molecule has 2 aromatic heterocycles. The van der Waals surface area contributed by atoms with Crippen LogP contribution in [0.25, 0.3) is 11.0 Å². The third-order valence-electron chi connectivity index (χ3n) is 2.78. The SMILES string of the molecule is O=C(O)c1c(C2CC2)[nH]c2cccnc12. The Morgan fingerprint density at radius 3 is 3.00 bits per heavy atom. The molecule has 4 nitrogen and oxygen atoms in total. The first kappa shape index (κ1) is 8.47. The van der Waals surface area contributed by atoms with Crippen molar-refractivity contribution in [3.05, 3.63) is 29.6 Å². The molecule has 0 aromatic carbocycles. The topological polar surface area (TPSA) is 66.0 Å². The zero-order valence-electron chi connectivity index (χ0n) is 8.03. The summed E-state index contributed by atoms with van der Waals surface area (Å²) in [5.41, 5.74) is 2.59. The zero-order valence-corrected chi connectivity index (χ0v) is 8.03. The number of aromatic amines is 1. The van der Waals surface area contributed by atoms with Gasteiger partial charge in [-0.3, -0.25) is 4.98 Å². The maximum Gasteiger partial charge on any atom is 0.339 e. The molecular formula is C11H10N2O2. The van der Waals surface area contributed by atoms with E-state index in [-0.39, 0.29) is 0 Å². The summed E-state index contributed by atoms with van der Waals surface area (Å²) in [4.78, 5) is 18.5. The van der Waals surface area contributed by atoms with Gasteiger partial charge in [0.1, 0.15) is 11.1 Å². The maximum absolute atomic E-state index is 11.2. The molecule has 2 heterocycles. The highest BCUT2D eigenvalue weighted by Crippen LogP contribution is 2.42. The molecule has 1 fully saturated rings. The van der Waals surface area contributed by atoms with Gasteiger partial charge in [-0.25, -0.2) is 4.79 Å². The average Bonchev–Trinajstić information content (AvgIpc) is 2.98. The lowest BCUT2D eigenvalue weighted by Gasteiger charge is -1.95. The van der Waals surface area contributed by atoms with Crippen molar-refractivity contribution in [1.29, 1.82) is 0 Å². The first-order valence-corrected chi connectivity index (χ1v) is 4.97. The summed E-state index contributed by atoms with van der Waals surface area (Å²) >= 11 is 0. The van der Waals surface area contributed by atoms with Crippen LogP contribution < -0.4 is 0 Å². The van der Waals surface area contributed by atoms with Crippen LogP contribution in [0, 0.1) is 0 Å². The number of rotatable bonds is 2. The Bertz CT molecular complexity index is 541. The van der Waals surface area contributed by atoms with Crippen molar-refractivity contribution >= 4 is 17.0 Å². The fourth-order valence-electron chi connectivity index (χ4n) is 1.94. The Labute approximate surface area is 86.0 Å². The highest BCUT2D eigenvalue weighted by molar-refractivity contribution is 6.03. The lowest BCUT2D eigenvalue weighted by molar-refractivity contribution is 0.0697. The minimum atomic E-state index is -0.887. The Morgan fingerprint density at radius 1 is 1.53 bits per heavy atom. The molecule has 0 atom stereocenters. The molecule has 0 aliphatic heterocycles. The molecule has 2 aromatic rings. The Kier molecular flexibility index (Phi) is 1.59. The largest absolute Gasteiger partial charge is 0.478 e. The quantitative estimate of drug-likeness (QED) is 0.784. The molecule has 0 radical (unpaired) electrons. The molecule has 76 valence electrons. The van der Waals surface area contributed by atoms with E-state index in [1.165, 1.54) is 0 Å². The molecule has 1 saturated carbocycles. The third-order valence-corrected chi connectivity index (χ3v) is 2.78. The van der Waals surface area contributed by atoms with E-state index in [0.29, 0.717) is 17.0 Å². The first-order valence-electron chi connectivity index (χ1n) is 4.97. The number of carboxylic acid groups (broad SMARTS) is 1. The Hall–Kier alpha value is -1.84. The number of pyridine rings is 1. The molecule has 2 N–H and O–H groups in total. The molecule has 0 unspecified atom stereocenters. The van der Waals surface area contributed by atoms with Crippen LogP contribution in [0.1, 0.15) is 34.8 Å². The second kappa shape index (κ2) is 2.82. The van der Waals surface area contributed by atoms with Crippen LogP contribution in [0.2, 0.25) is 0 Å². The second-order valence-corrected chi connectivity index (χ2v) is 3.89. The number of carboxylic acids is 1. The van der Waals surface area contributed by atoms with Gasteiger partial charge in [0, 0.05) is 11.9 Å². The summed E-state index contributed by atoms with van der Waals surface area (Å²) in [5.74, 6) is -0.493. The van der Waals surface area contributed by atoms with Crippen LogP contribution in [-0.2, 0) is 0 Å². The fraction of sp³-hybridized carbons (Fsp3) is 0.273. The maximum atomic E-state index is 11.2. The third kappa shape index (κ3) is 1.21. The molecular weight excluding hydrogens is 192 g/mol. The number of carbonyl (C=O) groups is 1. The molecule has 0 spiro atoms. The van der Waals surface area contributed by atoms with Crippen molar-refractivity contribution < 1.29 is 9.90 Å². The van der Waals surface area contributed by atoms with Gasteiger partial charge in [-0.2, -0.15) is 0 Å². The number of nitrogens with one attached hydrogen (secondary N) is 1. The first-order chi connectivity index (χ1) is 7.27. The van der Waals surface area contributed by atoms with E-state index in [9.17, 15) is 4.79 Å². The highest BCUT2D eigenvalue weighted by Gasteiger charge is 2.31. The van der Waals surface area contributed by atoms with E-state index < -0.39 is 5.97 Å². The van der Waals surface area contributed by atoms with Gasteiger partial charge in [0.25, 0.3) is 0 Å². The van der Waals surface area contributed by atoms with Crippen LogP contribution >= 0.6 is 0 Å². The van der Waals surface area contributed by atoms with Crippen molar-refractivity contribution in [3.63, 3.8) is 0 Å². The van der Waals surface area contributed by atoms with Crippen molar-refractivity contribution in [2.75, 3.05) is 0 Å². The highest BCUT2D eigenvalue weighted by atomic mass is 16.4. The number of aromatic nitrogens is 2. The van der Waals surface area contributed by atoms with Crippen molar-refractivity contribution in [1.82, 2.24) is 9.97 Å². The average molecular weight is 202 g/mol. The van der Waals surface area contributed by atoms with Gasteiger partial charge < -0.3 is 10.1 Å². The van der Waals surface area contributed by atoms with Crippen LogP contribution in [0.5, 0.6) is 0 Å². The van der Waals surface area contributed by atoms with Crippen molar-refractivity contribution in [2.45, 2.75) is 18.8 Å². The van der Waals surface area contributed by atoms with Crippen LogP contribution in [-0.4, -0.2) is 21.0 Å². The predicted octanol–water partition coefficient (Wildman–Crippen LogP) is 2.14. The normalized spacial score (nSPS) is 15.7. The summed E-state index contributed by atoms with van der Waals surface area (Å²) in [5, 5.41) is 9.17. The minimum absolute atomic E-state index is 0.355. The van der Waals surface area contributed by atoms with Gasteiger partial charge in [-0.1, -0.05) is 0 Å². The van der Waals surface area contributed by atoms with Gasteiger partial charge in [-0.15, -0.1) is 0 Å². The van der Waals surface area contributed by atoms with Crippen molar-refractivity contribution in [3.8, 4) is 0 Å². The second-order valence-electron chi connectivity index (χ2n) is 3.89. The number of hydrogen-bond donors (Lipinski definition) is 2. The standard InChI is InChI=1S/C11H10N2O2/c14-11(15)8-9(6-3-4-6)13-7-2-1-5-12-10(7)8/h1-2,5-6,13H,3-4H2,(H,14,15). The molecule has 1 aliphatic rings. The monoisotopic (exact) mass is 202 g/mol. The van der Waals surface area contributed by atoms with E-state index in [1.807, 2.05) is 6.07 Å². The minimum Gasteiger partial charge on any atom is -0.478 e. The fourth-order valence-corrected chi connectivity index (χ4v) is 1.94. The van der Waals surface area contributed by atoms with Gasteiger partial charge in [0.05, 0.1) is 5.52 Å². The van der Waals surface area contributed by atoms with Gasteiger partial charge in [0.15, 0.2) is 0 Å². The van der Waals surface area contributed by atoms with E-state index in [0.717, 1.165) is 24.1 Å². The molecule has 4 heteroatoms. The molecule has 0 amide bonds. The van der Waals surface area contributed by atoms with E-state index in [4.69, 9.17) is 5.11 Å². The predicted molar refractivity (Wildman–Crippen MR) is 55.0 cm³/mol. The zero-order chi connectivity index (χ0) is 10.4. The van der Waals surface area contributed by atoms with Gasteiger partial charge >= 0.3 is 5.97 Å². The number of hydrogen-bond acceptors (Lipinski definition) is 2. The summed E-state index contributed by atoms with van der Waals surface area (Å²) < 4.78 is 0. The summed E-state index contributed by atoms with van der Waals surface area (Å²) in [7, 11) is 0. The number of aromatic carboxylic acids is 1. The van der Waals surface area contributed by atoms with Crippen LogP contribution in [0.15, 0.2) is 18.3 Å².